The zero-order valence-electron chi connectivity index (χ0n) is 18.1. The highest BCUT2D eigenvalue weighted by molar-refractivity contribution is 5.88. The number of carbonyl (C=O) groups excluding carboxylic acids is 1. The maximum absolute atomic E-state index is 11.3. The fourth-order valence-corrected chi connectivity index (χ4v) is 3.25. The van der Waals surface area contributed by atoms with Gasteiger partial charge >= 0.3 is 5.97 Å². The van der Waals surface area contributed by atoms with E-state index < -0.39 is 0 Å². The second-order valence-corrected chi connectivity index (χ2v) is 7.06. The molecule has 0 saturated heterocycles. The molecule has 6 nitrogen and oxygen atoms in total. The summed E-state index contributed by atoms with van der Waals surface area (Å²) in [7, 11) is 1.62. The summed E-state index contributed by atoms with van der Waals surface area (Å²) in [6, 6.07) is 15.3. The lowest BCUT2D eigenvalue weighted by Gasteiger charge is -2.14. The molecule has 0 fully saturated rings. The van der Waals surface area contributed by atoms with Gasteiger partial charge in [-0.25, -0.2) is 0 Å². The van der Waals surface area contributed by atoms with Crippen LogP contribution in [0.5, 0.6) is 23.0 Å². The summed E-state index contributed by atoms with van der Waals surface area (Å²) in [6.07, 6.45) is 5.90. The maximum atomic E-state index is 11.3. The van der Waals surface area contributed by atoms with Crippen LogP contribution < -0.4 is 14.2 Å². The van der Waals surface area contributed by atoms with Gasteiger partial charge in [0.15, 0.2) is 11.5 Å². The van der Waals surface area contributed by atoms with Crippen LogP contribution >= 0.6 is 0 Å². The molecule has 0 atom stereocenters. The van der Waals surface area contributed by atoms with E-state index in [1.165, 1.54) is 0 Å². The number of methoxy groups -OCH3 is 1. The first kappa shape index (κ1) is 22.4. The molecule has 0 amide bonds. The fourth-order valence-electron chi connectivity index (χ4n) is 3.25. The number of para-hydroxylation sites is 1. The van der Waals surface area contributed by atoms with Gasteiger partial charge in [0.05, 0.1) is 25.8 Å². The van der Waals surface area contributed by atoms with Crippen molar-refractivity contribution in [1.82, 2.24) is 4.98 Å². The third kappa shape index (κ3) is 6.60. The minimum atomic E-state index is -0.122. The van der Waals surface area contributed by atoms with Crippen LogP contribution in [0.25, 0.3) is 10.9 Å². The molecular formula is C25H29NO5. The molecule has 0 saturated carbocycles. The minimum absolute atomic E-state index is 0.122. The lowest BCUT2D eigenvalue weighted by atomic mass is 10.1. The first-order chi connectivity index (χ1) is 15.2. The van der Waals surface area contributed by atoms with Crippen molar-refractivity contribution in [3.63, 3.8) is 0 Å². The van der Waals surface area contributed by atoms with Gasteiger partial charge < -0.3 is 18.9 Å². The van der Waals surface area contributed by atoms with Gasteiger partial charge in [-0.15, -0.1) is 0 Å². The van der Waals surface area contributed by atoms with Crippen molar-refractivity contribution in [2.24, 2.45) is 0 Å². The third-order valence-corrected chi connectivity index (χ3v) is 4.80. The van der Waals surface area contributed by atoms with Gasteiger partial charge in [0, 0.05) is 24.1 Å². The standard InChI is InChI=1S/C25H29NO5/c1-3-29-25(27)13-9-4-5-10-16-30-24-18-21-20(17-23(24)28-2)22(14-15-26-21)31-19-11-7-6-8-12-19/h6-8,11-12,14-15,17-18H,3-5,9-10,13,16H2,1-2H3. The van der Waals surface area contributed by atoms with E-state index in [4.69, 9.17) is 18.9 Å². The molecule has 0 aliphatic rings. The predicted molar refractivity (Wildman–Crippen MR) is 120 cm³/mol. The molecular weight excluding hydrogens is 394 g/mol. The maximum Gasteiger partial charge on any atom is 0.305 e. The number of rotatable bonds is 12. The number of carbonyl (C=O) groups is 1. The van der Waals surface area contributed by atoms with Gasteiger partial charge in [-0.1, -0.05) is 31.0 Å². The number of hydrogen-bond acceptors (Lipinski definition) is 6. The van der Waals surface area contributed by atoms with Crippen LogP contribution in [0.2, 0.25) is 0 Å². The largest absolute Gasteiger partial charge is 0.493 e. The second kappa shape index (κ2) is 11.8. The number of ether oxygens (including phenoxy) is 4. The molecule has 3 aromatic rings. The molecule has 0 aliphatic carbocycles. The van der Waals surface area contributed by atoms with Crippen molar-refractivity contribution in [3.05, 3.63) is 54.7 Å². The monoisotopic (exact) mass is 423 g/mol. The number of benzene rings is 2. The number of aromatic nitrogens is 1. The van der Waals surface area contributed by atoms with Gasteiger partial charge in [0.1, 0.15) is 11.5 Å². The Morgan fingerprint density at radius 3 is 2.52 bits per heavy atom. The Balaban J connectivity index is 1.58. The number of pyridine rings is 1. The van der Waals surface area contributed by atoms with E-state index in [-0.39, 0.29) is 5.97 Å². The van der Waals surface area contributed by atoms with E-state index in [0.717, 1.165) is 42.3 Å². The Kier molecular flexibility index (Phi) is 8.52. The van der Waals surface area contributed by atoms with E-state index in [2.05, 4.69) is 4.98 Å². The molecule has 0 bridgehead atoms. The first-order valence-corrected chi connectivity index (χ1v) is 10.7. The molecule has 31 heavy (non-hydrogen) atoms. The highest BCUT2D eigenvalue weighted by Gasteiger charge is 2.12. The van der Waals surface area contributed by atoms with E-state index in [9.17, 15) is 4.79 Å². The molecule has 0 spiro atoms. The first-order valence-electron chi connectivity index (χ1n) is 10.7. The summed E-state index contributed by atoms with van der Waals surface area (Å²) in [5.74, 6) is 2.65. The van der Waals surface area contributed by atoms with E-state index >= 15 is 0 Å². The quantitative estimate of drug-likeness (QED) is 0.266. The Morgan fingerprint density at radius 2 is 1.74 bits per heavy atom. The molecule has 1 heterocycles. The van der Waals surface area contributed by atoms with Crippen molar-refractivity contribution in [3.8, 4) is 23.0 Å². The molecule has 6 heteroatoms. The molecule has 164 valence electrons. The molecule has 0 N–H and O–H groups in total. The number of hydrogen-bond donors (Lipinski definition) is 0. The smallest absolute Gasteiger partial charge is 0.305 e. The molecule has 0 radical (unpaired) electrons. The predicted octanol–water partition coefficient (Wildman–Crippen LogP) is 5.93. The summed E-state index contributed by atoms with van der Waals surface area (Å²) in [5, 5.41) is 0.856. The third-order valence-electron chi connectivity index (χ3n) is 4.80. The summed E-state index contributed by atoms with van der Waals surface area (Å²) in [5.41, 5.74) is 0.777. The lowest BCUT2D eigenvalue weighted by molar-refractivity contribution is -0.143. The Bertz CT molecular complexity index is 974. The lowest BCUT2D eigenvalue weighted by Crippen LogP contribution is -2.03. The van der Waals surface area contributed by atoms with Crippen LogP contribution in [-0.4, -0.2) is 31.3 Å². The highest BCUT2D eigenvalue weighted by atomic mass is 16.5. The molecule has 1 aromatic heterocycles. The number of nitrogens with zero attached hydrogens (tertiary/aromatic N) is 1. The zero-order valence-corrected chi connectivity index (χ0v) is 18.1. The second-order valence-electron chi connectivity index (χ2n) is 7.06. The van der Waals surface area contributed by atoms with Crippen molar-refractivity contribution in [2.45, 2.75) is 39.0 Å². The van der Waals surface area contributed by atoms with Crippen LogP contribution in [0.1, 0.15) is 39.0 Å². The summed E-state index contributed by atoms with van der Waals surface area (Å²) in [4.78, 5) is 15.8. The Labute approximate surface area is 183 Å². The van der Waals surface area contributed by atoms with Crippen LogP contribution in [0.4, 0.5) is 0 Å². The zero-order chi connectivity index (χ0) is 21.9. The Morgan fingerprint density at radius 1 is 0.935 bits per heavy atom. The van der Waals surface area contributed by atoms with E-state index in [1.807, 2.05) is 55.5 Å². The van der Waals surface area contributed by atoms with Crippen LogP contribution in [0.15, 0.2) is 54.7 Å². The average molecular weight is 424 g/mol. The Hall–Kier alpha value is -3.28. The highest BCUT2D eigenvalue weighted by Crippen LogP contribution is 2.37. The van der Waals surface area contributed by atoms with Crippen molar-refractivity contribution in [1.29, 1.82) is 0 Å². The molecule has 0 unspecified atom stereocenters. The normalized spacial score (nSPS) is 10.6. The van der Waals surface area contributed by atoms with Crippen LogP contribution in [-0.2, 0) is 9.53 Å². The average Bonchev–Trinajstić information content (AvgIpc) is 2.79. The van der Waals surface area contributed by atoms with Crippen molar-refractivity contribution < 1.29 is 23.7 Å². The molecule has 3 rings (SSSR count). The van der Waals surface area contributed by atoms with Crippen LogP contribution in [0, 0.1) is 0 Å². The van der Waals surface area contributed by atoms with Gasteiger partial charge in [-0.2, -0.15) is 0 Å². The summed E-state index contributed by atoms with van der Waals surface area (Å²) >= 11 is 0. The van der Waals surface area contributed by atoms with Crippen molar-refractivity contribution >= 4 is 16.9 Å². The number of esters is 1. The SMILES string of the molecule is CCOC(=O)CCCCCCOc1cc2nccc(Oc3ccccc3)c2cc1OC. The van der Waals surface area contributed by atoms with E-state index in [0.29, 0.717) is 36.9 Å². The van der Waals surface area contributed by atoms with E-state index in [1.54, 1.807) is 13.3 Å². The van der Waals surface area contributed by atoms with Gasteiger partial charge in [0.25, 0.3) is 0 Å². The van der Waals surface area contributed by atoms with Crippen molar-refractivity contribution in [2.75, 3.05) is 20.3 Å². The van der Waals surface area contributed by atoms with Gasteiger partial charge in [-0.3, -0.25) is 9.78 Å². The summed E-state index contributed by atoms with van der Waals surface area (Å²) < 4.78 is 22.5. The van der Waals surface area contributed by atoms with Gasteiger partial charge in [-0.05, 0) is 44.0 Å². The molecule has 2 aromatic carbocycles. The molecule has 0 aliphatic heterocycles. The number of unbranched alkanes of at least 4 members (excludes halogenated alkanes) is 3. The topological polar surface area (TPSA) is 66.9 Å². The fraction of sp³-hybridized carbons (Fsp3) is 0.360. The summed E-state index contributed by atoms with van der Waals surface area (Å²) in [6.45, 7) is 2.83. The number of fused-ring (bicyclic) bond motifs is 1. The van der Waals surface area contributed by atoms with Crippen LogP contribution in [0.3, 0.4) is 0 Å². The van der Waals surface area contributed by atoms with Gasteiger partial charge in [0.2, 0.25) is 0 Å². The minimum Gasteiger partial charge on any atom is -0.493 e.